The van der Waals surface area contributed by atoms with E-state index < -0.39 is 5.82 Å². The quantitative estimate of drug-likeness (QED) is 0.689. The van der Waals surface area contributed by atoms with Crippen LogP contribution in [0.25, 0.3) is 11.1 Å². The third-order valence-electron chi connectivity index (χ3n) is 5.81. The number of rotatable bonds is 8. The van der Waals surface area contributed by atoms with Crippen LogP contribution in [0.4, 0.5) is 4.39 Å². The van der Waals surface area contributed by atoms with Crippen molar-refractivity contribution in [1.29, 1.82) is 0 Å². The highest BCUT2D eigenvalue weighted by Crippen LogP contribution is 2.32. The summed E-state index contributed by atoms with van der Waals surface area (Å²) in [4.78, 5) is 17.3. The molecular formula is C24H31FN2O3. The Labute approximate surface area is 178 Å². The van der Waals surface area contributed by atoms with Gasteiger partial charge >= 0.3 is 0 Å². The highest BCUT2D eigenvalue weighted by Gasteiger charge is 2.31. The van der Waals surface area contributed by atoms with E-state index >= 15 is 0 Å². The van der Waals surface area contributed by atoms with Gasteiger partial charge in [-0.1, -0.05) is 26.0 Å². The van der Waals surface area contributed by atoms with Crippen molar-refractivity contribution >= 4 is 5.91 Å². The fourth-order valence-electron chi connectivity index (χ4n) is 4.18. The van der Waals surface area contributed by atoms with Gasteiger partial charge in [0.25, 0.3) is 5.91 Å². The molecule has 0 radical (unpaired) electrons. The molecule has 6 heteroatoms. The number of likely N-dealkylation sites (tertiary alicyclic amines) is 1. The molecule has 2 aromatic rings. The smallest absolute Gasteiger partial charge is 0.257 e. The average Bonchev–Trinajstić information content (AvgIpc) is 3.21. The number of likely N-dealkylation sites (N-methyl/N-ethyl adjacent to an activating group) is 1. The normalized spacial score (nSPS) is 16.3. The number of aromatic hydroxyl groups is 1. The first kappa shape index (κ1) is 22.1. The molecule has 1 saturated heterocycles. The molecule has 5 nitrogen and oxygen atoms in total. The van der Waals surface area contributed by atoms with Gasteiger partial charge in [-0.25, -0.2) is 4.39 Å². The van der Waals surface area contributed by atoms with Crippen LogP contribution in [-0.2, 0) is 0 Å². The molecule has 0 spiro atoms. The molecule has 1 atom stereocenters. The summed E-state index contributed by atoms with van der Waals surface area (Å²) in [6, 6.07) is 9.66. The first-order chi connectivity index (χ1) is 14.5. The van der Waals surface area contributed by atoms with Crippen LogP contribution in [0.3, 0.4) is 0 Å². The van der Waals surface area contributed by atoms with Crippen molar-refractivity contribution in [2.75, 3.05) is 33.3 Å². The summed E-state index contributed by atoms with van der Waals surface area (Å²) in [5.41, 5.74) is 1.35. The number of phenols is 1. The topological polar surface area (TPSA) is 53.0 Å². The van der Waals surface area contributed by atoms with Crippen molar-refractivity contribution in [2.45, 2.75) is 39.2 Å². The van der Waals surface area contributed by atoms with Crippen molar-refractivity contribution in [2.24, 2.45) is 0 Å². The van der Waals surface area contributed by atoms with Gasteiger partial charge in [0, 0.05) is 19.1 Å². The van der Waals surface area contributed by atoms with E-state index in [0.717, 1.165) is 38.9 Å². The molecule has 0 saturated carbocycles. The number of nitrogens with zero attached hydrogens (tertiary/aromatic N) is 2. The SMILES string of the molecule is CCCN(CC)C[C@@H]1CCCN1C(=O)c1ccc(-c2ccc(OC)c(O)c2)cc1F. The van der Waals surface area contributed by atoms with E-state index in [0.29, 0.717) is 23.4 Å². The summed E-state index contributed by atoms with van der Waals surface area (Å²) in [5, 5.41) is 9.98. The molecule has 30 heavy (non-hydrogen) atoms. The molecule has 0 aromatic heterocycles. The molecule has 1 aliphatic rings. The van der Waals surface area contributed by atoms with E-state index in [1.54, 1.807) is 24.3 Å². The lowest BCUT2D eigenvalue weighted by Gasteiger charge is -2.30. The zero-order valence-electron chi connectivity index (χ0n) is 18.0. The van der Waals surface area contributed by atoms with Crippen molar-refractivity contribution in [3.05, 3.63) is 47.8 Å². The summed E-state index contributed by atoms with van der Waals surface area (Å²) in [7, 11) is 1.47. The minimum atomic E-state index is -0.542. The minimum Gasteiger partial charge on any atom is -0.504 e. The molecule has 162 valence electrons. The lowest BCUT2D eigenvalue weighted by molar-refractivity contribution is 0.0697. The maximum absolute atomic E-state index is 14.9. The summed E-state index contributed by atoms with van der Waals surface area (Å²) < 4.78 is 20.0. The summed E-state index contributed by atoms with van der Waals surface area (Å²) in [6.45, 7) is 7.74. The predicted octanol–water partition coefficient (Wildman–Crippen LogP) is 4.54. The Balaban J connectivity index is 1.78. The lowest BCUT2D eigenvalue weighted by Crippen LogP contribution is -2.43. The van der Waals surface area contributed by atoms with Crippen LogP contribution in [0.2, 0.25) is 0 Å². The van der Waals surface area contributed by atoms with Gasteiger partial charge in [-0.3, -0.25) is 4.79 Å². The van der Waals surface area contributed by atoms with Crippen LogP contribution in [0.15, 0.2) is 36.4 Å². The maximum Gasteiger partial charge on any atom is 0.257 e. The molecule has 2 aromatic carbocycles. The maximum atomic E-state index is 14.9. The Morgan fingerprint density at radius 2 is 1.97 bits per heavy atom. The molecule has 1 aliphatic heterocycles. The number of phenolic OH excluding ortho intramolecular Hbond substituents is 1. The molecule has 1 amide bonds. The fourth-order valence-corrected chi connectivity index (χ4v) is 4.18. The van der Waals surface area contributed by atoms with Gasteiger partial charge in [-0.05, 0) is 67.7 Å². The van der Waals surface area contributed by atoms with Crippen molar-refractivity contribution < 1.29 is 19.0 Å². The lowest BCUT2D eigenvalue weighted by atomic mass is 10.0. The van der Waals surface area contributed by atoms with Gasteiger partial charge in [0.1, 0.15) is 5.82 Å². The third-order valence-corrected chi connectivity index (χ3v) is 5.81. The van der Waals surface area contributed by atoms with E-state index in [1.165, 1.54) is 19.2 Å². The highest BCUT2D eigenvalue weighted by atomic mass is 19.1. The molecule has 3 rings (SSSR count). The number of ether oxygens (including phenoxy) is 1. The van der Waals surface area contributed by atoms with Crippen LogP contribution in [0, 0.1) is 5.82 Å². The minimum absolute atomic E-state index is 0.0111. The number of amides is 1. The number of halogens is 1. The average molecular weight is 415 g/mol. The number of hydrogen-bond donors (Lipinski definition) is 1. The largest absolute Gasteiger partial charge is 0.504 e. The first-order valence-corrected chi connectivity index (χ1v) is 10.7. The number of methoxy groups -OCH3 is 1. The standard InChI is InChI=1S/C24H31FN2O3/c1-4-12-26(5-2)16-19-7-6-13-27(19)24(29)20-10-8-17(14-21(20)25)18-9-11-23(30-3)22(28)15-18/h8-11,14-15,19,28H,4-7,12-13,16H2,1-3H3/t19-/m0/s1. The van der Waals surface area contributed by atoms with Gasteiger partial charge in [-0.2, -0.15) is 0 Å². The zero-order chi connectivity index (χ0) is 21.7. The molecule has 0 bridgehead atoms. The third kappa shape index (κ3) is 4.75. The number of hydrogen-bond acceptors (Lipinski definition) is 4. The number of carbonyl (C=O) groups excluding carboxylic acids is 1. The van der Waals surface area contributed by atoms with Crippen molar-refractivity contribution in [3.8, 4) is 22.6 Å². The van der Waals surface area contributed by atoms with E-state index in [9.17, 15) is 14.3 Å². The second-order valence-corrected chi connectivity index (χ2v) is 7.77. The second-order valence-electron chi connectivity index (χ2n) is 7.77. The Kier molecular flexibility index (Phi) is 7.32. The Bertz CT molecular complexity index is 887. The molecular weight excluding hydrogens is 383 g/mol. The van der Waals surface area contributed by atoms with Crippen LogP contribution < -0.4 is 4.74 Å². The molecule has 0 unspecified atom stereocenters. The molecule has 0 aliphatic carbocycles. The first-order valence-electron chi connectivity index (χ1n) is 10.7. The highest BCUT2D eigenvalue weighted by molar-refractivity contribution is 5.95. The predicted molar refractivity (Wildman–Crippen MR) is 117 cm³/mol. The van der Waals surface area contributed by atoms with Crippen LogP contribution in [0.5, 0.6) is 11.5 Å². The molecule has 1 N–H and O–H groups in total. The monoisotopic (exact) mass is 414 g/mol. The number of carbonyl (C=O) groups is 1. The van der Waals surface area contributed by atoms with Crippen molar-refractivity contribution in [3.63, 3.8) is 0 Å². The van der Waals surface area contributed by atoms with Gasteiger partial charge in [-0.15, -0.1) is 0 Å². The van der Waals surface area contributed by atoms with E-state index in [4.69, 9.17) is 4.74 Å². The Morgan fingerprint density at radius 1 is 1.23 bits per heavy atom. The van der Waals surface area contributed by atoms with Crippen molar-refractivity contribution in [1.82, 2.24) is 9.80 Å². The van der Waals surface area contributed by atoms with Gasteiger partial charge in [0.2, 0.25) is 0 Å². The number of benzene rings is 2. The van der Waals surface area contributed by atoms with E-state index in [2.05, 4.69) is 18.7 Å². The Hall–Kier alpha value is -2.60. The molecule has 1 fully saturated rings. The van der Waals surface area contributed by atoms with Gasteiger partial charge < -0.3 is 19.6 Å². The second kappa shape index (κ2) is 9.94. The summed E-state index contributed by atoms with van der Waals surface area (Å²) in [5.74, 6) is -0.440. The zero-order valence-corrected chi connectivity index (χ0v) is 18.0. The van der Waals surface area contributed by atoms with E-state index in [1.807, 2.05) is 4.90 Å². The van der Waals surface area contributed by atoms with E-state index in [-0.39, 0.29) is 23.3 Å². The van der Waals surface area contributed by atoms with Crippen LogP contribution in [-0.4, -0.2) is 60.1 Å². The Morgan fingerprint density at radius 3 is 2.60 bits per heavy atom. The van der Waals surface area contributed by atoms with Gasteiger partial charge in [0.15, 0.2) is 11.5 Å². The fraction of sp³-hybridized carbons (Fsp3) is 0.458. The summed E-state index contributed by atoms with van der Waals surface area (Å²) >= 11 is 0. The van der Waals surface area contributed by atoms with Crippen LogP contribution >= 0.6 is 0 Å². The van der Waals surface area contributed by atoms with Gasteiger partial charge in [0.05, 0.1) is 12.7 Å². The summed E-state index contributed by atoms with van der Waals surface area (Å²) in [6.07, 6.45) is 2.98. The van der Waals surface area contributed by atoms with Crippen LogP contribution in [0.1, 0.15) is 43.5 Å². The molecule has 1 heterocycles.